The van der Waals surface area contributed by atoms with Crippen LogP contribution in [0.2, 0.25) is 0 Å². The molecule has 170 valence electrons. The molecule has 0 bridgehead atoms. The Bertz CT molecular complexity index is 1360. The molecule has 0 aliphatic rings. The van der Waals surface area contributed by atoms with Crippen molar-refractivity contribution in [3.63, 3.8) is 0 Å². The maximum Gasteiger partial charge on any atom is 0.339 e. The summed E-state index contributed by atoms with van der Waals surface area (Å²) in [5, 5.41) is 0. The number of esters is 2. The van der Waals surface area contributed by atoms with E-state index in [0.29, 0.717) is 16.8 Å². The van der Waals surface area contributed by atoms with Gasteiger partial charge in [-0.15, -0.1) is 0 Å². The molecule has 0 amide bonds. The molecule has 0 saturated heterocycles. The number of nitrogen functional groups attached to an aromatic ring is 1. The van der Waals surface area contributed by atoms with E-state index >= 15 is 0 Å². The molecule has 2 N–H and O–H groups in total. The second-order valence-corrected chi connectivity index (χ2v) is 8.55. The average Bonchev–Trinajstić information content (AvgIpc) is 2.88. The van der Waals surface area contributed by atoms with Crippen LogP contribution in [0.15, 0.2) is 89.4 Å². The van der Waals surface area contributed by atoms with Crippen LogP contribution in [-0.2, 0) is 9.47 Å². The Labute approximate surface area is 206 Å². The lowest BCUT2D eigenvalue weighted by Gasteiger charge is -2.12. The molecule has 0 aliphatic heterocycles. The summed E-state index contributed by atoms with van der Waals surface area (Å²) in [7, 11) is 2.70. The van der Waals surface area contributed by atoms with Gasteiger partial charge in [-0.3, -0.25) is 0 Å². The molecular formula is C28H22BrNO4. The van der Waals surface area contributed by atoms with Gasteiger partial charge in [-0.2, -0.15) is 0 Å². The van der Waals surface area contributed by atoms with Crippen molar-refractivity contribution in [2.75, 3.05) is 20.0 Å². The second kappa shape index (κ2) is 9.93. The van der Waals surface area contributed by atoms with Crippen molar-refractivity contribution in [1.82, 2.24) is 0 Å². The number of benzene rings is 4. The third kappa shape index (κ3) is 4.72. The summed E-state index contributed by atoms with van der Waals surface area (Å²) in [5.41, 5.74) is 12.4. The van der Waals surface area contributed by atoms with Crippen LogP contribution in [0.3, 0.4) is 0 Å². The molecule has 4 aromatic carbocycles. The fourth-order valence-electron chi connectivity index (χ4n) is 3.76. The van der Waals surface area contributed by atoms with Gasteiger partial charge in [-0.05, 0) is 63.7 Å². The number of hydrogen-bond donors (Lipinski definition) is 1. The fraction of sp³-hybridized carbons (Fsp3) is 0.0714. The van der Waals surface area contributed by atoms with Crippen LogP contribution >= 0.6 is 15.9 Å². The summed E-state index contributed by atoms with van der Waals surface area (Å²) in [6.07, 6.45) is 0. The van der Waals surface area contributed by atoms with E-state index in [4.69, 9.17) is 15.2 Å². The molecule has 0 atom stereocenters. The number of halogens is 1. The topological polar surface area (TPSA) is 78.6 Å². The maximum absolute atomic E-state index is 12.6. The Morgan fingerprint density at radius 3 is 1.65 bits per heavy atom. The van der Waals surface area contributed by atoms with Gasteiger partial charge in [0.1, 0.15) is 0 Å². The van der Waals surface area contributed by atoms with Crippen molar-refractivity contribution in [2.45, 2.75) is 0 Å². The summed E-state index contributed by atoms with van der Waals surface area (Å²) in [6.45, 7) is 0. The molecule has 0 radical (unpaired) electrons. The van der Waals surface area contributed by atoms with Crippen LogP contribution in [0.5, 0.6) is 0 Å². The zero-order chi connectivity index (χ0) is 24.2. The lowest BCUT2D eigenvalue weighted by atomic mass is 9.93. The number of rotatable bonds is 5. The van der Waals surface area contributed by atoms with Crippen molar-refractivity contribution in [3.05, 3.63) is 101 Å². The highest BCUT2D eigenvalue weighted by molar-refractivity contribution is 9.10. The van der Waals surface area contributed by atoms with Crippen molar-refractivity contribution in [3.8, 4) is 33.4 Å². The first-order valence-corrected chi connectivity index (χ1v) is 11.3. The van der Waals surface area contributed by atoms with E-state index < -0.39 is 11.9 Å². The molecule has 4 rings (SSSR count). The molecule has 6 heteroatoms. The third-order valence-corrected chi connectivity index (χ3v) is 6.12. The normalized spacial score (nSPS) is 10.6. The van der Waals surface area contributed by atoms with Gasteiger partial charge in [-0.25, -0.2) is 9.59 Å². The van der Waals surface area contributed by atoms with E-state index in [-0.39, 0.29) is 0 Å². The quantitative estimate of drug-likeness (QED) is 0.239. The summed E-state index contributed by atoms with van der Waals surface area (Å²) < 4.78 is 10.9. The Hall–Kier alpha value is -3.90. The van der Waals surface area contributed by atoms with E-state index in [1.54, 1.807) is 12.1 Å². The molecule has 0 fully saturated rings. The first-order valence-electron chi connectivity index (χ1n) is 10.5. The third-order valence-electron chi connectivity index (χ3n) is 5.59. The van der Waals surface area contributed by atoms with Crippen LogP contribution in [0.25, 0.3) is 33.4 Å². The molecular weight excluding hydrogens is 494 g/mol. The van der Waals surface area contributed by atoms with Gasteiger partial charge in [0.15, 0.2) is 0 Å². The van der Waals surface area contributed by atoms with Gasteiger partial charge >= 0.3 is 11.9 Å². The van der Waals surface area contributed by atoms with Crippen LogP contribution in [0, 0.1) is 0 Å². The summed E-state index contributed by atoms with van der Waals surface area (Å²) >= 11 is 3.45. The molecule has 4 aromatic rings. The minimum atomic E-state index is -0.482. The minimum Gasteiger partial charge on any atom is -0.465 e. The van der Waals surface area contributed by atoms with Crippen molar-refractivity contribution < 1.29 is 19.1 Å². The van der Waals surface area contributed by atoms with Gasteiger partial charge < -0.3 is 15.2 Å². The summed E-state index contributed by atoms with van der Waals surface area (Å²) in [6, 6.07) is 26.7. The van der Waals surface area contributed by atoms with Crippen LogP contribution in [0.4, 0.5) is 5.69 Å². The lowest BCUT2D eigenvalue weighted by Crippen LogP contribution is -2.05. The highest BCUT2D eigenvalue weighted by Gasteiger charge is 2.16. The number of carbonyl (C=O) groups excluding carboxylic acids is 2. The van der Waals surface area contributed by atoms with E-state index in [1.165, 1.54) is 14.2 Å². The summed E-state index contributed by atoms with van der Waals surface area (Å²) in [5.74, 6) is -0.885. The molecule has 0 unspecified atom stereocenters. The molecule has 0 aromatic heterocycles. The molecule has 0 heterocycles. The van der Waals surface area contributed by atoms with E-state index in [0.717, 1.165) is 37.9 Å². The highest BCUT2D eigenvalue weighted by Crippen LogP contribution is 2.32. The van der Waals surface area contributed by atoms with E-state index in [2.05, 4.69) is 15.9 Å². The van der Waals surface area contributed by atoms with Crippen molar-refractivity contribution in [2.24, 2.45) is 0 Å². The number of carbonyl (C=O) groups is 2. The van der Waals surface area contributed by atoms with Crippen molar-refractivity contribution >= 4 is 33.6 Å². The van der Waals surface area contributed by atoms with Gasteiger partial charge in [0.2, 0.25) is 0 Å². The Kier molecular flexibility index (Phi) is 6.80. The number of hydrogen-bond acceptors (Lipinski definition) is 5. The fourth-order valence-corrected chi connectivity index (χ4v) is 4.03. The Morgan fingerprint density at radius 1 is 0.618 bits per heavy atom. The Morgan fingerprint density at radius 2 is 1.06 bits per heavy atom. The smallest absolute Gasteiger partial charge is 0.339 e. The standard InChI is InChI=1S/C28H22BrNO4/c1-33-27(31)24-15-20(18-7-11-22(29)12-8-18)9-13-23(24)19-5-3-17(4-6-19)21-10-14-26(30)25(16-21)28(32)34-2/h3-16H,30H2,1-2H3. The first-order chi connectivity index (χ1) is 16.4. The maximum atomic E-state index is 12.6. The number of nitrogens with two attached hydrogens (primary N) is 1. The predicted octanol–water partition coefficient (Wildman–Crippen LogP) is 6.61. The molecule has 0 saturated carbocycles. The number of anilines is 1. The largest absolute Gasteiger partial charge is 0.465 e. The van der Waals surface area contributed by atoms with E-state index in [1.807, 2.05) is 72.8 Å². The highest BCUT2D eigenvalue weighted by atomic mass is 79.9. The van der Waals surface area contributed by atoms with E-state index in [9.17, 15) is 9.59 Å². The zero-order valence-corrected chi connectivity index (χ0v) is 20.3. The van der Waals surface area contributed by atoms with Gasteiger partial charge in [0.05, 0.1) is 25.3 Å². The zero-order valence-electron chi connectivity index (χ0n) is 18.7. The predicted molar refractivity (Wildman–Crippen MR) is 138 cm³/mol. The molecule has 5 nitrogen and oxygen atoms in total. The van der Waals surface area contributed by atoms with Crippen LogP contribution in [-0.4, -0.2) is 26.2 Å². The van der Waals surface area contributed by atoms with Crippen LogP contribution < -0.4 is 5.73 Å². The minimum absolute atomic E-state index is 0.320. The molecule has 0 aliphatic carbocycles. The van der Waals surface area contributed by atoms with Gasteiger partial charge in [-0.1, -0.05) is 70.5 Å². The van der Waals surface area contributed by atoms with Crippen molar-refractivity contribution in [1.29, 1.82) is 0 Å². The lowest BCUT2D eigenvalue weighted by molar-refractivity contribution is 0.0593. The van der Waals surface area contributed by atoms with Gasteiger partial charge in [0.25, 0.3) is 0 Å². The average molecular weight is 516 g/mol. The number of ether oxygens (including phenoxy) is 2. The first kappa shape index (κ1) is 23.3. The number of methoxy groups -OCH3 is 2. The molecule has 0 spiro atoms. The van der Waals surface area contributed by atoms with Gasteiger partial charge in [0, 0.05) is 10.2 Å². The molecule has 34 heavy (non-hydrogen) atoms. The van der Waals surface area contributed by atoms with Crippen LogP contribution in [0.1, 0.15) is 20.7 Å². The Balaban J connectivity index is 1.72. The second-order valence-electron chi connectivity index (χ2n) is 7.63. The SMILES string of the molecule is COC(=O)c1cc(-c2ccc(-c3ccc(-c4ccc(Br)cc4)cc3C(=O)OC)cc2)ccc1N. The monoisotopic (exact) mass is 515 g/mol. The summed E-state index contributed by atoms with van der Waals surface area (Å²) in [4.78, 5) is 24.6.